The van der Waals surface area contributed by atoms with Crippen LogP contribution in [0.2, 0.25) is 0 Å². The number of Topliss-reactive ketones (excluding diaryl/α,β-unsaturated/α-hetero) is 1. The molecule has 0 N–H and O–H groups in total. The summed E-state index contributed by atoms with van der Waals surface area (Å²) in [7, 11) is 0. The van der Waals surface area contributed by atoms with Gasteiger partial charge in [-0.15, -0.1) is 0 Å². The van der Waals surface area contributed by atoms with E-state index in [9.17, 15) is 4.79 Å². The minimum Gasteiger partial charge on any atom is -0.299 e. The lowest BCUT2D eigenvalue weighted by Gasteiger charge is -2.37. The Balaban J connectivity index is 1.73. The van der Waals surface area contributed by atoms with Crippen molar-refractivity contribution in [1.82, 2.24) is 0 Å². The van der Waals surface area contributed by atoms with Crippen LogP contribution in [0.4, 0.5) is 0 Å². The summed E-state index contributed by atoms with van der Waals surface area (Å²) in [6.07, 6.45) is 15.6. The number of carbonyl (C=O) groups is 1. The van der Waals surface area contributed by atoms with Crippen molar-refractivity contribution in [2.24, 2.45) is 23.7 Å². The summed E-state index contributed by atoms with van der Waals surface area (Å²) in [5.41, 5.74) is 0. The lowest BCUT2D eigenvalue weighted by Crippen LogP contribution is -2.31. The van der Waals surface area contributed by atoms with Gasteiger partial charge in [-0.3, -0.25) is 4.79 Å². The summed E-state index contributed by atoms with van der Waals surface area (Å²) in [6.45, 7) is 4.50. The summed E-state index contributed by atoms with van der Waals surface area (Å²) in [5.74, 6) is 3.62. The first-order valence-electron chi connectivity index (χ1n) is 9.27. The first-order chi connectivity index (χ1) is 9.74. The maximum Gasteiger partial charge on any atom is 0.136 e. The largest absolute Gasteiger partial charge is 0.299 e. The fourth-order valence-corrected chi connectivity index (χ4v) is 4.60. The van der Waals surface area contributed by atoms with Gasteiger partial charge < -0.3 is 0 Å². The standard InChI is InChI=1S/C19H34O/c1-3-5-7-15-8-10-16(11-9-15)18-13-12-17(6-4-2)19(20)14-18/h15-18H,3-14H2,1-2H3/t15-,16-,17?,18?. The Morgan fingerprint density at radius 3 is 2.15 bits per heavy atom. The fourth-order valence-electron chi connectivity index (χ4n) is 4.60. The zero-order valence-electron chi connectivity index (χ0n) is 13.7. The molecular formula is C19H34O. The molecule has 0 spiro atoms. The van der Waals surface area contributed by atoms with Crippen LogP contribution >= 0.6 is 0 Å². The third kappa shape index (κ3) is 4.33. The van der Waals surface area contributed by atoms with E-state index in [0.29, 0.717) is 11.7 Å². The Hall–Kier alpha value is -0.330. The molecule has 2 fully saturated rings. The number of hydrogen-bond donors (Lipinski definition) is 0. The van der Waals surface area contributed by atoms with Gasteiger partial charge in [0, 0.05) is 12.3 Å². The van der Waals surface area contributed by atoms with Crippen molar-refractivity contribution in [1.29, 1.82) is 0 Å². The molecule has 0 aliphatic heterocycles. The van der Waals surface area contributed by atoms with Gasteiger partial charge in [0.2, 0.25) is 0 Å². The van der Waals surface area contributed by atoms with E-state index >= 15 is 0 Å². The predicted molar refractivity (Wildman–Crippen MR) is 85.7 cm³/mol. The van der Waals surface area contributed by atoms with Gasteiger partial charge in [-0.05, 0) is 49.9 Å². The normalized spacial score (nSPS) is 35.2. The Kier molecular flexibility index (Phi) is 6.58. The van der Waals surface area contributed by atoms with Gasteiger partial charge in [0.05, 0.1) is 0 Å². The summed E-state index contributed by atoms with van der Waals surface area (Å²) < 4.78 is 0. The number of ketones is 1. The zero-order valence-corrected chi connectivity index (χ0v) is 13.7. The monoisotopic (exact) mass is 278 g/mol. The van der Waals surface area contributed by atoms with Crippen LogP contribution in [0.1, 0.15) is 90.9 Å². The molecule has 0 radical (unpaired) electrons. The molecule has 2 unspecified atom stereocenters. The van der Waals surface area contributed by atoms with Crippen LogP contribution in [0.3, 0.4) is 0 Å². The molecule has 2 atom stereocenters. The molecule has 2 aliphatic rings. The van der Waals surface area contributed by atoms with Crippen molar-refractivity contribution >= 4 is 5.78 Å². The molecule has 0 bridgehead atoms. The number of carbonyl (C=O) groups excluding carboxylic acids is 1. The highest BCUT2D eigenvalue weighted by Gasteiger charge is 2.34. The quantitative estimate of drug-likeness (QED) is 0.603. The first-order valence-corrected chi connectivity index (χ1v) is 9.27. The molecule has 2 aliphatic carbocycles. The Bertz CT molecular complexity index is 288. The zero-order chi connectivity index (χ0) is 14.4. The van der Waals surface area contributed by atoms with Crippen molar-refractivity contribution in [3.05, 3.63) is 0 Å². The molecule has 20 heavy (non-hydrogen) atoms. The Morgan fingerprint density at radius 2 is 1.55 bits per heavy atom. The number of rotatable bonds is 6. The van der Waals surface area contributed by atoms with Gasteiger partial charge >= 0.3 is 0 Å². The van der Waals surface area contributed by atoms with E-state index in [1.807, 2.05) is 0 Å². The highest BCUT2D eigenvalue weighted by molar-refractivity contribution is 5.81. The van der Waals surface area contributed by atoms with Crippen LogP contribution in [0.15, 0.2) is 0 Å². The lowest BCUT2D eigenvalue weighted by molar-refractivity contribution is -0.127. The molecule has 0 saturated heterocycles. The van der Waals surface area contributed by atoms with Crippen molar-refractivity contribution in [2.45, 2.75) is 90.9 Å². The van der Waals surface area contributed by atoms with Gasteiger partial charge in [-0.25, -0.2) is 0 Å². The molecule has 0 aromatic carbocycles. The molecule has 2 saturated carbocycles. The van der Waals surface area contributed by atoms with Crippen LogP contribution in [0.5, 0.6) is 0 Å². The molecular weight excluding hydrogens is 244 g/mol. The second-order valence-corrected chi connectivity index (χ2v) is 7.42. The highest BCUT2D eigenvalue weighted by Crippen LogP contribution is 2.41. The highest BCUT2D eigenvalue weighted by atomic mass is 16.1. The molecule has 0 aromatic rings. The number of unbranched alkanes of at least 4 members (excludes halogenated alkanes) is 1. The van der Waals surface area contributed by atoms with Crippen LogP contribution in [-0.2, 0) is 4.79 Å². The van der Waals surface area contributed by atoms with E-state index in [0.717, 1.165) is 30.6 Å². The summed E-state index contributed by atoms with van der Waals surface area (Å²) in [6, 6.07) is 0. The van der Waals surface area contributed by atoms with Gasteiger partial charge in [0.25, 0.3) is 0 Å². The SMILES string of the molecule is CCCC[C@H]1CC[C@H](C2CCC(CCC)C(=O)C2)CC1. The second kappa shape index (κ2) is 8.20. The van der Waals surface area contributed by atoms with Crippen LogP contribution < -0.4 is 0 Å². The minimum absolute atomic E-state index is 0.414. The van der Waals surface area contributed by atoms with Crippen LogP contribution in [0.25, 0.3) is 0 Å². The van der Waals surface area contributed by atoms with Gasteiger partial charge in [-0.2, -0.15) is 0 Å². The number of hydrogen-bond acceptors (Lipinski definition) is 1. The van der Waals surface area contributed by atoms with E-state index in [1.165, 1.54) is 64.2 Å². The van der Waals surface area contributed by atoms with E-state index in [2.05, 4.69) is 13.8 Å². The Morgan fingerprint density at radius 1 is 0.850 bits per heavy atom. The van der Waals surface area contributed by atoms with Crippen molar-refractivity contribution in [3.63, 3.8) is 0 Å². The topological polar surface area (TPSA) is 17.1 Å². The molecule has 0 aromatic heterocycles. The maximum atomic E-state index is 12.2. The molecule has 116 valence electrons. The predicted octanol–water partition coefficient (Wildman–Crippen LogP) is 5.77. The average Bonchev–Trinajstić information content (AvgIpc) is 2.48. The van der Waals surface area contributed by atoms with Crippen LogP contribution in [0, 0.1) is 23.7 Å². The molecule has 2 rings (SSSR count). The molecule has 0 heterocycles. The lowest BCUT2D eigenvalue weighted by atomic mass is 9.68. The van der Waals surface area contributed by atoms with Gasteiger partial charge in [0.15, 0.2) is 0 Å². The second-order valence-electron chi connectivity index (χ2n) is 7.42. The van der Waals surface area contributed by atoms with E-state index in [-0.39, 0.29) is 0 Å². The minimum atomic E-state index is 0.414. The third-order valence-corrected chi connectivity index (χ3v) is 5.97. The van der Waals surface area contributed by atoms with Crippen LogP contribution in [-0.4, -0.2) is 5.78 Å². The van der Waals surface area contributed by atoms with E-state index < -0.39 is 0 Å². The van der Waals surface area contributed by atoms with Crippen molar-refractivity contribution in [3.8, 4) is 0 Å². The molecule has 0 amide bonds. The van der Waals surface area contributed by atoms with E-state index in [4.69, 9.17) is 0 Å². The van der Waals surface area contributed by atoms with Gasteiger partial charge in [-0.1, -0.05) is 52.4 Å². The van der Waals surface area contributed by atoms with E-state index in [1.54, 1.807) is 0 Å². The summed E-state index contributed by atoms with van der Waals surface area (Å²) in [5, 5.41) is 0. The smallest absolute Gasteiger partial charge is 0.136 e. The average molecular weight is 278 g/mol. The summed E-state index contributed by atoms with van der Waals surface area (Å²) >= 11 is 0. The maximum absolute atomic E-state index is 12.2. The molecule has 1 heteroatoms. The first kappa shape index (κ1) is 16.0. The van der Waals surface area contributed by atoms with Crippen molar-refractivity contribution < 1.29 is 4.79 Å². The van der Waals surface area contributed by atoms with Gasteiger partial charge in [0.1, 0.15) is 5.78 Å². The van der Waals surface area contributed by atoms with Crippen molar-refractivity contribution in [2.75, 3.05) is 0 Å². The Labute approximate surface area is 125 Å². The fraction of sp³-hybridized carbons (Fsp3) is 0.947. The summed E-state index contributed by atoms with van der Waals surface area (Å²) in [4.78, 5) is 12.2. The third-order valence-electron chi connectivity index (χ3n) is 5.97. The molecule has 1 nitrogen and oxygen atoms in total.